The summed E-state index contributed by atoms with van der Waals surface area (Å²) in [5, 5.41) is 6.67. The Hall–Kier alpha value is -0.100. The van der Waals surface area contributed by atoms with Gasteiger partial charge < -0.3 is 5.32 Å². The van der Waals surface area contributed by atoms with Crippen LogP contribution in [-0.2, 0) is 0 Å². The Bertz CT molecular complexity index is 553. The monoisotopic (exact) mass is 405 g/mol. The molecule has 0 radical (unpaired) electrons. The summed E-state index contributed by atoms with van der Waals surface area (Å²) in [6, 6.07) is 8.81. The summed E-state index contributed by atoms with van der Waals surface area (Å²) in [6.07, 6.45) is 1.12. The van der Waals surface area contributed by atoms with Gasteiger partial charge in [-0.3, -0.25) is 0 Å². The summed E-state index contributed by atoms with van der Waals surface area (Å²) in [6.45, 7) is 5.22. The summed E-state index contributed by atoms with van der Waals surface area (Å²) in [5.74, 6) is 0. The van der Waals surface area contributed by atoms with Crippen molar-refractivity contribution >= 4 is 45.5 Å². The average Bonchev–Trinajstić information content (AvgIpc) is 2.80. The smallest absolute Gasteiger partial charge is 0.0656 e. The molecule has 2 aromatic rings. The van der Waals surface area contributed by atoms with Crippen molar-refractivity contribution in [2.45, 2.75) is 26.3 Å². The van der Waals surface area contributed by atoms with E-state index in [2.05, 4.69) is 64.5 Å². The van der Waals surface area contributed by atoms with Gasteiger partial charge in [-0.2, -0.15) is 0 Å². The van der Waals surface area contributed by atoms with Crippen molar-refractivity contribution in [1.29, 1.82) is 0 Å². The van der Waals surface area contributed by atoms with Crippen molar-refractivity contribution in [3.05, 3.63) is 54.2 Å². The second-order valence-electron chi connectivity index (χ2n) is 4.58. The normalized spacial score (nSPS) is 12.6. The van der Waals surface area contributed by atoms with Crippen molar-refractivity contribution < 1.29 is 0 Å². The van der Waals surface area contributed by atoms with Gasteiger partial charge in [0, 0.05) is 5.02 Å². The molecule has 1 nitrogen and oxygen atoms in total. The Morgan fingerprint density at radius 1 is 1.32 bits per heavy atom. The van der Waals surface area contributed by atoms with Crippen LogP contribution in [0.2, 0.25) is 5.02 Å². The highest BCUT2D eigenvalue weighted by atomic mass is 127. The summed E-state index contributed by atoms with van der Waals surface area (Å²) in [5.41, 5.74) is 3.68. The molecule has 0 spiro atoms. The molecule has 1 atom stereocenters. The zero-order valence-corrected chi connectivity index (χ0v) is 14.8. The SMILES string of the molecule is CCCNC(c1csc(I)c1)c1ccc(C)c(Cl)c1. The highest BCUT2D eigenvalue weighted by Gasteiger charge is 2.15. The van der Waals surface area contributed by atoms with Crippen molar-refractivity contribution in [1.82, 2.24) is 5.32 Å². The molecule has 102 valence electrons. The minimum atomic E-state index is 0.234. The largest absolute Gasteiger partial charge is 0.306 e. The second kappa shape index (κ2) is 7.07. The third-order valence-electron chi connectivity index (χ3n) is 3.05. The zero-order valence-electron chi connectivity index (χ0n) is 11.0. The molecule has 1 unspecified atom stereocenters. The van der Waals surface area contributed by atoms with Crippen LogP contribution in [0.4, 0.5) is 0 Å². The molecule has 0 bridgehead atoms. The van der Waals surface area contributed by atoms with Crippen molar-refractivity contribution in [3.8, 4) is 0 Å². The van der Waals surface area contributed by atoms with Gasteiger partial charge in [0.1, 0.15) is 0 Å². The third-order valence-corrected chi connectivity index (χ3v) is 5.26. The Morgan fingerprint density at radius 3 is 2.68 bits per heavy atom. The lowest BCUT2D eigenvalue weighted by atomic mass is 10.00. The van der Waals surface area contributed by atoms with E-state index < -0.39 is 0 Å². The first kappa shape index (κ1) is 15.3. The van der Waals surface area contributed by atoms with Crippen LogP contribution in [0.25, 0.3) is 0 Å². The molecule has 4 heteroatoms. The van der Waals surface area contributed by atoms with Gasteiger partial charge in [0.15, 0.2) is 0 Å². The van der Waals surface area contributed by atoms with Crippen LogP contribution in [0.5, 0.6) is 0 Å². The minimum absolute atomic E-state index is 0.234. The van der Waals surface area contributed by atoms with Gasteiger partial charge >= 0.3 is 0 Å². The number of halogens is 2. The molecule has 19 heavy (non-hydrogen) atoms. The molecule has 1 aromatic carbocycles. The van der Waals surface area contributed by atoms with Crippen molar-refractivity contribution in [2.24, 2.45) is 0 Å². The maximum absolute atomic E-state index is 6.26. The molecule has 0 saturated carbocycles. The van der Waals surface area contributed by atoms with Gasteiger partial charge in [0.05, 0.1) is 8.93 Å². The van der Waals surface area contributed by atoms with Gasteiger partial charge in [-0.05, 0) is 76.7 Å². The molecular formula is C15H17ClINS. The lowest BCUT2D eigenvalue weighted by molar-refractivity contribution is 0.600. The van der Waals surface area contributed by atoms with E-state index >= 15 is 0 Å². The standard InChI is InChI=1S/C15H17ClINS/c1-3-6-18-15(12-8-14(17)19-9-12)11-5-4-10(2)13(16)7-11/h4-5,7-9,15,18H,3,6H2,1-2H3. The topological polar surface area (TPSA) is 12.0 Å². The number of hydrogen-bond acceptors (Lipinski definition) is 2. The molecule has 1 heterocycles. The van der Waals surface area contributed by atoms with Gasteiger partial charge in [0.2, 0.25) is 0 Å². The summed E-state index contributed by atoms with van der Waals surface area (Å²) in [4.78, 5) is 0. The highest BCUT2D eigenvalue weighted by Crippen LogP contribution is 2.29. The van der Waals surface area contributed by atoms with Crippen LogP contribution >= 0.6 is 45.5 Å². The Kier molecular flexibility index (Phi) is 5.69. The van der Waals surface area contributed by atoms with Crippen molar-refractivity contribution in [2.75, 3.05) is 6.54 Å². The number of thiophene rings is 1. The van der Waals surface area contributed by atoms with E-state index in [1.54, 1.807) is 11.3 Å². The number of aryl methyl sites for hydroxylation is 1. The fourth-order valence-corrected chi connectivity index (χ4v) is 3.57. The molecule has 0 aliphatic rings. The van der Waals surface area contributed by atoms with E-state index in [4.69, 9.17) is 11.6 Å². The number of hydrogen-bond donors (Lipinski definition) is 1. The molecule has 2 rings (SSSR count). The van der Waals surface area contributed by atoms with E-state index in [0.29, 0.717) is 0 Å². The predicted octanol–water partition coefficient (Wildman–Crippen LogP) is 5.40. The van der Waals surface area contributed by atoms with Crippen molar-refractivity contribution in [3.63, 3.8) is 0 Å². The van der Waals surface area contributed by atoms with E-state index in [1.807, 2.05) is 6.92 Å². The maximum Gasteiger partial charge on any atom is 0.0656 e. The number of nitrogens with one attached hydrogen (secondary N) is 1. The Balaban J connectivity index is 2.33. The van der Waals surface area contributed by atoms with Crippen LogP contribution in [0.15, 0.2) is 29.6 Å². The second-order valence-corrected chi connectivity index (χ2v) is 7.79. The first-order valence-electron chi connectivity index (χ1n) is 6.35. The molecule has 1 aromatic heterocycles. The Labute approximate surface area is 137 Å². The molecule has 0 amide bonds. The first-order valence-corrected chi connectivity index (χ1v) is 8.68. The van der Waals surface area contributed by atoms with Crippen LogP contribution in [0.1, 0.15) is 36.1 Å². The van der Waals surface area contributed by atoms with Gasteiger partial charge in [-0.15, -0.1) is 11.3 Å². The fraction of sp³-hybridized carbons (Fsp3) is 0.333. The van der Waals surface area contributed by atoms with Gasteiger partial charge in [0.25, 0.3) is 0 Å². The Morgan fingerprint density at radius 2 is 2.11 bits per heavy atom. The zero-order chi connectivity index (χ0) is 13.8. The van der Waals surface area contributed by atoms with E-state index in [0.717, 1.165) is 23.6 Å². The fourth-order valence-electron chi connectivity index (χ4n) is 1.98. The first-order chi connectivity index (χ1) is 9.11. The average molecular weight is 406 g/mol. The molecule has 0 fully saturated rings. The number of benzene rings is 1. The predicted molar refractivity (Wildman–Crippen MR) is 93.4 cm³/mol. The van der Waals surface area contributed by atoms with E-state index in [9.17, 15) is 0 Å². The third kappa shape index (κ3) is 3.94. The molecule has 0 aliphatic carbocycles. The molecule has 0 aliphatic heterocycles. The highest BCUT2D eigenvalue weighted by molar-refractivity contribution is 14.1. The minimum Gasteiger partial charge on any atom is -0.306 e. The quantitative estimate of drug-likeness (QED) is 0.656. The van der Waals surface area contributed by atoms with Crippen LogP contribution in [0, 0.1) is 9.81 Å². The van der Waals surface area contributed by atoms with E-state index in [-0.39, 0.29) is 6.04 Å². The number of rotatable bonds is 5. The molecular weight excluding hydrogens is 389 g/mol. The molecule has 0 saturated heterocycles. The van der Waals surface area contributed by atoms with Crippen LogP contribution in [0.3, 0.4) is 0 Å². The van der Waals surface area contributed by atoms with E-state index in [1.165, 1.54) is 14.0 Å². The summed E-state index contributed by atoms with van der Waals surface area (Å²) >= 11 is 10.4. The summed E-state index contributed by atoms with van der Waals surface area (Å²) in [7, 11) is 0. The van der Waals surface area contributed by atoms with Crippen LogP contribution < -0.4 is 5.32 Å². The van der Waals surface area contributed by atoms with Gasteiger partial charge in [-0.1, -0.05) is 30.7 Å². The lowest BCUT2D eigenvalue weighted by Crippen LogP contribution is -2.22. The lowest BCUT2D eigenvalue weighted by Gasteiger charge is -2.19. The van der Waals surface area contributed by atoms with Crippen LogP contribution in [-0.4, -0.2) is 6.54 Å². The molecule has 1 N–H and O–H groups in total. The van der Waals surface area contributed by atoms with Gasteiger partial charge in [-0.25, -0.2) is 0 Å². The summed E-state index contributed by atoms with van der Waals surface area (Å²) < 4.78 is 1.31. The maximum atomic E-state index is 6.26.